The third-order valence-corrected chi connectivity index (χ3v) is 5.02. The van der Waals surface area contributed by atoms with Gasteiger partial charge in [-0.2, -0.15) is 5.10 Å². The van der Waals surface area contributed by atoms with Crippen LogP contribution in [-0.4, -0.2) is 21.9 Å². The third kappa shape index (κ3) is 3.55. The van der Waals surface area contributed by atoms with E-state index in [2.05, 4.69) is 43.5 Å². The molecule has 0 radical (unpaired) electrons. The number of thiazole rings is 1. The largest absolute Gasteiger partial charge is 0.255 e. The van der Waals surface area contributed by atoms with Crippen LogP contribution in [0.3, 0.4) is 0 Å². The Bertz CT molecular complexity index is 922. The van der Waals surface area contributed by atoms with Gasteiger partial charge in [-0.25, -0.2) is 4.68 Å². The zero-order chi connectivity index (χ0) is 16.4. The van der Waals surface area contributed by atoms with Gasteiger partial charge in [0, 0.05) is 21.6 Å². The zero-order valence-electron chi connectivity index (χ0n) is 12.8. The van der Waals surface area contributed by atoms with Crippen LogP contribution in [-0.2, 0) is 0 Å². The van der Waals surface area contributed by atoms with E-state index in [4.69, 9.17) is 4.99 Å². The van der Waals surface area contributed by atoms with Crippen LogP contribution in [0.4, 0.5) is 0 Å². The minimum absolute atomic E-state index is 0.456. The fourth-order valence-corrected chi connectivity index (χ4v) is 3.42. The van der Waals surface area contributed by atoms with Crippen LogP contribution < -0.4 is 4.80 Å². The van der Waals surface area contributed by atoms with Crippen LogP contribution in [0.5, 0.6) is 0 Å². The molecule has 4 nitrogen and oxygen atoms in total. The van der Waals surface area contributed by atoms with E-state index in [1.807, 2.05) is 35.0 Å². The van der Waals surface area contributed by atoms with Gasteiger partial charge in [-0.05, 0) is 37.1 Å². The lowest BCUT2D eigenvalue weighted by molar-refractivity contribution is 0.822. The lowest BCUT2D eigenvalue weighted by atomic mass is 10.2. The number of hydrogen-bond acceptors (Lipinski definition) is 4. The molecule has 0 spiro atoms. The summed E-state index contributed by atoms with van der Waals surface area (Å²) in [6.07, 6.45) is 5.90. The minimum atomic E-state index is 0.456. The molecule has 0 amide bonds. The number of benzene rings is 1. The SMILES string of the molecule is Brc1ccc(-c2csc(=NC3CC3)n2/N=C/c2ccccn2)cc1. The maximum Gasteiger partial charge on any atom is 0.206 e. The van der Waals surface area contributed by atoms with Gasteiger partial charge in [0.2, 0.25) is 4.80 Å². The molecule has 0 N–H and O–H groups in total. The Hall–Kier alpha value is -2.05. The Kier molecular flexibility index (Phi) is 4.40. The molecule has 3 aromatic rings. The molecule has 1 saturated carbocycles. The molecule has 0 bridgehead atoms. The Labute approximate surface area is 152 Å². The quantitative estimate of drug-likeness (QED) is 0.603. The monoisotopic (exact) mass is 398 g/mol. The molecule has 0 unspecified atom stereocenters. The van der Waals surface area contributed by atoms with E-state index in [0.29, 0.717) is 6.04 Å². The molecule has 0 saturated heterocycles. The van der Waals surface area contributed by atoms with Crippen LogP contribution >= 0.6 is 27.3 Å². The third-order valence-electron chi connectivity index (χ3n) is 3.66. The molecule has 2 aromatic heterocycles. The van der Waals surface area contributed by atoms with E-state index in [9.17, 15) is 0 Å². The smallest absolute Gasteiger partial charge is 0.206 e. The van der Waals surface area contributed by atoms with Gasteiger partial charge in [0.05, 0.1) is 23.6 Å². The van der Waals surface area contributed by atoms with Crippen molar-refractivity contribution in [3.63, 3.8) is 0 Å². The molecule has 4 rings (SSSR count). The highest BCUT2D eigenvalue weighted by molar-refractivity contribution is 9.10. The van der Waals surface area contributed by atoms with E-state index in [-0.39, 0.29) is 0 Å². The summed E-state index contributed by atoms with van der Waals surface area (Å²) in [7, 11) is 0. The molecule has 1 fully saturated rings. The summed E-state index contributed by atoms with van der Waals surface area (Å²) in [4.78, 5) is 10.0. The van der Waals surface area contributed by atoms with Crippen molar-refractivity contribution in [2.24, 2.45) is 10.1 Å². The second kappa shape index (κ2) is 6.83. The summed E-state index contributed by atoms with van der Waals surface area (Å²) in [5.74, 6) is 0. The predicted molar refractivity (Wildman–Crippen MR) is 101 cm³/mol. The lowest BCUT2D eigenvalue weighted by Crippen LogP contribution is -2.13. The first-order valence-corrected chi connectivity index (χ1v) is 9.42. The number of rotatable bonds is 4. The highest BCUT2D eigenvalue weighted by atomic mass is 79.9. The van der Waals surface area contributed by atoms with E-state index in [1.54, 1.807) is 23.7 Å². The van der Waals surface area contributed by atoms with Crippen molar-refractivity contribution < 1.29 is 0 Å². The van der Waals surface area contributed by atoms with Crippen molar-refractivity contribution >= 4 is 33.5 Å². The summed E-state index contributed by atoms with van der Waals surface area (Å²) in [5, 5.41) is 6.76. The Morgan fingerprint density at radius 3 is 2.71 bits per heavy atom. The molecule has 0 atom stereocenters. The molecule has 1 aliphatic carbocycles. The van der Waals surface area contributed by atoms with Crippen molar-refractivity contribution in [3.8, 4) is 11.3 Å². The van der Waals surface area contributed by atoms with Crippen LogP contribution in [0.25, 0.3) is 11.3 Å². The fourth-order valence-electron chi connectivity index (χ4n) is 2.25. The topological polar surface area (TPSA) is 42.5 Å². The maximum absolute atomic E-state index is 4.78. The first kappa shape index (κ1) is 15.5. The van der Waals surface area contributed by atoms with Crippen molar-refractivity contribution in [2.75, 3.05) is 0 Å². The van der Waals surface area contributed by atoms with Crippen LogP contribution in [0.15, 0.2) is 68.6 Å². The molecule has 1 aliphatic rings. The number of pyridine rings is 1. The van der Waals surface area contributed by atoms with Crippen LogP contribution in [0.1, 0.15) is 18.5 Å². The van der Waals surface area contributed by atoms with Crippen LogP contribution in [0.2, 0.25) is 0 Å². The Balaban J connectivity index is 1.78. The predicted octanol–water partition coefficient (Wildman–Crippen LogP) is 4.32. The van der Waals surface area contributed by atoms with Gasteiger partial charge in [0.15, 0.2) is 0 Å². The molecule has 0 aliphatic heterocycles. The molecule has 120 valence electrons. The summed E-state index contributed by atoms with van der Waals surface area (Å²) >= 11 is 5.11. The summed E-state index contributed by atoms with van der Waals surface area (Å²) in [5.41, 5.74) is 2.99. The standard InChI is InChI=1S/C18H15BrN4S/c19-14-6-4-13(5-7-14)17-12-24-18(22-15-8-9-15)23(17)21-11-16-3-1-2-10-20-16/h1-7,10-12,15H,8-9H2/b21-11+,22-18?. The number of aromatic nitrogens is 2. The summed E-state index contributed by atoms with van der Waals surface area (Å²) in [6, 6.07) is 14.5. The van der Waals surface area contributed by atoms with Gasteiger partial charge in [-0.1, -0.05) is 34.1 Å². The van der Waals surface area contributed by atoms with Gasteiger partial charge in [-0.15, -0.1) is 11.3 Å². The Morgan fingerprint density at radius 1 is 1.17 bits per heavy atom. The number of nitrogens with zero attached hydrogens (tertiary/aromatic N) is 4. The van der Waals surface area contributed by atoms with E-state index in [1.165, 1.54) is 12.8 Å². The van der Waals surface area contributed by atoms with Crippen molar-refractivity contribution in [2.45, 2.75) is 18.9 Å². The van der Waals surface area contributed by atoms with E-state index in [0.717, 1.165) is 26.2 Å². The average Bonchev–Trinajstić information content (AvgIpc) is 3.34. The van der Waals surface area contributed by atoms with Gasteiger partial charge in [-0.3, -0.25) is 9.98 Å². The summed E-state index contributed by atoms with van der Waals surface area (Å²) < 4.78 is 2.98. The molecule has 6 heteroatoms. The maximum atomic E-state index is 4.78. The molecular formula is C18H15BrN4S. The average molecular weight is 399 g/mol. The second-order valence-corrected chi connectivity index (χ2v) is 7.33. The highest BCUT2D eigenvalue weighted by Crippen LogP contribution is 2.25. The first-order chi connectivity index (χ1) is 11.8. The van der Waals surface area contributed by atoms with Crippen LogP contribution in [0, 0.1) is 0 Å². The van der Waals surface area contributed by atoms with E-state index < -0.39 is 0 Å². The molecule has 1 aromatic carbocycles. The number of hydrogen-bond donors (Lipinski definition) is 0. The van der Waals surface area contributed by atoms with Gasteiger partial charge in [0.25, 0.3) is 0 Å². The first-order valence-electron chi connectivity index (χ1n) is 7.75. The second-order valence-electron chi connectivity index (χ2n) is 5.58. The van der Waals surface area contributed by atoms with Gasteiger partial charge >= 0.3 is 0 Å². The molecular weight excluding hydrogens is 384 g/mol. The normalized spacial score (nSPS) is 15.3. The molecule has 2 heterocycles. The summed E-state index contributed by atoms with van der Waals surface area (Å²) in [6.45, 7) is 0. The fraction of sp³-hybridized carbons (Fsp3) is 0.167. The zero-order valence-corrected chi connectivity index (χ0v) is 15.2. The minimum Gasteiger partial charge on any atom is -0.255 e. The lowest BCUT2D eigenvalue weighted by Gasteiger charge is -2.03. The Morgan fingerprint density at radius 2 is 2.00 bits per heavy atom. The highest BCUT2D eigenvalue weighted by Gasteiger charge is 2.20. The van der Waals surface area contributed by atoms with Crippen molar-refractivity contribution in [1.82, 2.24) is 9.66 Å². The molecule has 24 heavy (non-hydrogen) atoms. The van der Waals surface area contributed by atoms with E-state index >= 15 is 0 Å². The number of halogens is 1. The van der Waals surface area contributed by atoms with Crippen molar-refractivity contribution in [3.05, 3.63) is 69.0 Å². The van der Waals surface area contributed by atoms with Gasteiger partial charge in [0.1, 0.15) is 0 Å². The van der Waals surface area contributed by atoms with Crippen molar-refractivity contribution in [1.29, 1.82) is 0 Å². The van der Waals surface area contributed by atoms with Gasteiger partial charge < -0.3 is 0 Å².